The van der Waals surface area contributed by atoms with E-state index in [-0.39, 0.29) is 11.5 Å². The Morgan fingerprint density at radius 2 is 2.13 bits per heavy atom. The molecule has 2 N–H and O–H groups in total. The van der Waals surface area contributed by atoms with Gasteiger partial charge in [0.25, 0.3) is 11.5 Å². The van der Waals surface area contributed by atoms with E-state index in [4.69, 9.17) is 4.74 Å². The van der Waals surface area contributed by atoms with Crippen LogP contribution in [0.3, 0.4) is 0 Å². The lowest BCUT2D eigenvalue weighted by atomic mass is 9.84. The number of benzene rings is 1. The van der Waals surface area contributed by atoms with E-state index in [1.807, 2.05) is 21.3 Å². The SMILES string of the molecule is CNC(=O)c1cc(-n2ccnc2-c2ccc3n(c2=O)C[C@@H]2CNC[C@H]3C2)ccc1OC. The summed E-state index contributed by atoms with van der Waals surface area (Å²) in [7, 11) is 3.11. The standard InChI is InChI=1S/C23H25N5O3/c1-24-22(29)18-10-16(3-6-20(18)31-2)27-8-7-26-21(27)17-4-5-19-15-9-14(11-25-12-15)13-28(19)23(17)30/h3-8,10,14-15,25H,9,11-13H2,1-2H3,(H,24,29)/t14-,15+/m0/s1. The van der Waals surface area contributed by atoms with Crippen LogP contribution in [0.2, 0.25) is 0 Å². The van der Waals surface area contributed by atoms with E-state index < -0.39 is 0 Å². The molecule has 0 unspecified atom stereocenters. The van der Waals surface area contributed by atoms with Gasteiger partial charge in [0.15, 0.2) is 0 Å². The largest absolute Gasteiger partial charge is 0.496 e. The van der Waals surface area contributed by atoms with Crippen molar-refractivity contribution in [2.24, 2.45) is 5.92 Å². The molecule has 2 aliphatic heterocycles. The maximum atomic E-state index is 13.5. The summed E-state index contributed by atoms with van der Waals surface area (Å²) in [6.45, 7) is 2.60. The molecule has 160 valence electrons. The van der Waals surface area contributed by atoms with Crippen LogP contribution in [0.5, 0.6) is 5.75 Å². The zero-order valence-corrected chi connectivity index (χ0v) is 17.6. The van der Waals surface area contributed by atoms with Gasteiger partial charge >= 0.3 is 0 Å². The van der Waals surface area contributed by atoms with Crippen LogP contribution >= 0.6 is 0 Å². The summed E-state index contributed by atoms with van der Waals surface area (Å²) in [5, 5.41) is 6.11. The second-order valence-corrected chi connectivity index (χ2v) is 8.13. The number of nitrogens with one attached hydrogen (secondary N) is 2. The summed E-state index contributed by atoms with van der Waals surface area (Å²) < 4.78 is 9.09. The Hall–Kier alpha value is -3.39. The summed E-state index contributed by atoms with van der Waals surface area (Å²) in [4.78, 5) is 30.2. The number of pyridine rings is 1. The van der Waals surface area contributed by atoms with Crippen molar-refractivity contribution in [3.63, 3.8) is 0 Å². The predicted molar refractivity (Wildman–Crippen MR) is 117 cm³/mol. The van der Waals surface area contributed by atoms with Gasteiger partial charge in [0.1, 0.15) is 11.6 Å². The minimum atomic E-state index is -0.241. The maximum Gasteiger partial charge on any atom is 0.261 e. The number of amides is 1. The van der Waals surface area contributed by atoms with Gasteiger partial charge in [-0.1, -0.05) is 0 Å². The van der Waals surface area contributed by atoms with Crippen LogP contribution in [0.25, 0.3) is 17.1 Å². The fourth-order valence-corrected chi connectivity index (χ4v) is 4.83. The molecule has 8 nitrogen and oxygen atoms in total. The highest BCUT2D eigenvalue weighted by atomic mass is 16.5. The minimum Gasteiger partial charge on any atom is -0.496 e. The second kappa shape index (κ2) is 7.70. The van der Waals surface area contributed by atoms with Gasteiger partial charge < -0.3 is 19.9 Å². The van der Waals surface area contributed by atoms with Gasteiger partial charge in [-0.3, -0.25) is 14.2 Å². The number of hydrogen-bond acceptors (Lipinski definition) is 5. The molecule has 5 rings (SSSR count). The molecule has 2 atom stereocenters. The third-order valence-electron chi connectivity index (χ3n) is 6.32. The smallest absolute Gasteiger partial charge is 0.261 e. The van der Waals surface area contributed by atoms with Crippen molar-refractivity contribution in [2.75, 3.05) is 27.2 Å². The number of nitrogens with zero attached hydrogens (tertiary/aromatic N) is 3. The van der Waals surface area contributed by atoms with E-state index in [1.54, 1.807) is 31.6 Å². The van der Waals surface area contributed by atoms with E-state index in [0.29, 0.717) is 34.5 Å². The molecule has 4 heterocycles. The van der Waals surface area contributed by atoms with Crippen molar-refractivity contribution < 1.29 is 9.53 Å². The summed E-state index contributed by atoms with van der Waals surface area (Å²) in [5.74, 6) is 1.66. The lowest BCUT2D eigenvalue weighted by Gasteiger charge is -2.37. The van der Waals surface area contributed by atoms with Crippen LogP contribution < -0.4 is 20.9 Å². The molecule has 0 aliphatic carbocycles. The molecule has 2 aliphatic rings. The number of fused-ring (bicyclic) bond motifs is 4. The van der Waals surface area contributed by atoms with Crippen LogP contribution in [0.15, 0.2) is 47.5 Å². The van der Waals surface area contributed by atoms with Gasteiger partial charge in [-0.05, 0) is 49.2 Å². The second-order valence-electron chi connectivity index (χ2n) is 8.13. The predicted octanol–water partition coefficient (Wildman–Crippen LogP) is 1.78. The van der Waals surface area contributed by atoms with Gasteiger partial charge in [0.2, 0.25) is 0 Å². The molecule has 0 saturated carbocycles. The first-order chi connectivity index (χ1) is 15.1. The average molecular weight is 419 g/mol. The first-order valence-corrected chi connectivity index (χ1v) is 10.5. The lowest BCUT2D eigenvalue weighted by molar-refractivity contribution is 0.0960. The van der Waals surface area contributed by atoms with Crippen molar-refractivity contribution in [3.05, 3.63) is 64.3 Å². The van der Waals surface area contributed by atoms with E-state index in [0.717, 1.165) is 37.4 Å². The Morgan fingerprint density at radius 3 is 2.94 bits per heavy atom. The molecule has 0 spiro atoms. The summed E-state index contributed by atoms with van der Waals surface area (Å²) in [5.41, 5.74) is 2.79. The first-order valence-electron chi connectivity index (χ1n) is 10.5. The average Bonchev–Trinajstić information content (AvgIpc) is 3.28. The number of carbonyl (C=O) groups excluding carboxylic acids is 1. The first kappa shape index (κ1) is 19.6. The van der Waals surface area contributed by atoms with Crippen LogP contribution in [0, 0.1) is 5.92 Å². The van der Waals surface area contributed by atoms with Crippen LogP contribution in [0.1, 0.15) is 28.4 Å². The number of rotatable bonds is 4. The Kier molecular flexibility index (Phi) is 4.86. The number of aromatic nitrogens is 3. The van der Waals surface area contributed by atoms with Crippen molar-refractivity contribution >= 4 is 5.91 Å². The normalized spacial score (nSPS) is 19.5. The quantitative estimate of drug-likeness (QED) is 0.673. The fraction of sp³-hybridized carbons (Fsp3) is 0.348. The molecular formula is C23H25N5O3. The van der Waals surface area contributed by atoms with Gasteiger partial charge in [-0.15, -0.1) is 0 Å². The highest BCUT2D eigenvalue weighted by molar-refractivity contribution is 5.97. The van der Waals surface area contributed by atoms with Crippen molar-refractivity contribution in [1.82, 2.24) is 24.8 Å². The number of methoxy groups -OCH3 is 1. The Morgan fingerprint density at radius 1 is 1.26 bits per heavy atom. The van der Waals surface area contributed by atoms with Crippen LogP contribution in [-0.2, 0) is 6.54 Å². The Balaban J connectivity index is 1.60. The third kappa shape index (κ3) is 3.23. The molecule has 3 aromatic rings. The van der Waals surface area contributed by atoms with Gasteiger partial charge in [0.05, 0.1) is 18.2 Å². The summed E-state index contributed by atoms with van der Waals surface area (Å²) in [6.07, 6.45) is 4.60. The van der Waals surface area contributed by atoms with E-state index in [1.165, 1.54) is 7.11 Å². The van der Waals surface area contributed by atoms with Gasteiger partial charge in [0, 0.05) is 49.8 Å². The number of carbonyl (C=O) groups is 1. The summed E-state index contributed by atoms with van der Waals surface area (Å²) in [6, 6.07) is 9.29. The molecule has 1 fully saturated rings. The van der Waals surface area contributed by atoms with Crippen molar-refractivity contribution in [1.29, 1.82) is 0 Å². The zero-order chi connectivity index (χ0) is 21.5. The molecule has 1 amide bonds. The van der Waals surface area contributed by atoms with Crippen LogP contribution in [-0.4, -0.2) is 47.3 Å². The van der Waals surface area contributed by atoms with Gasteiger partial charge in [-0.2, -0.15) is 0 Å². The molecular weight excluding hydrogens is 394 g/mol. The Bertz CT molecular complexity index is 1210. The molecule has 31 heavy (non-hydrogen) atoms. The zero-order valence-electron chi connectivity index (χ0n) is 17.6. The van der Waals surface area contributed by atoms with E-state index in [2.05, 4.69) is 21.7 Å². The van der Waals surface area contributed by atoms with Crippen molar-refractivity contribution in [3.8, 4) is 22.8 Å². The maximum absolute atomic E-state index is 13.5. The number of hydrogen-bond donors (Lipinski definition) is 2. The monoisotopic (exact) mass is 419 g/mol. The molecule has 1 saturated heterocycles. The molecule has 8 heteroatoms. The minimum absolute atomic E-state index is 0.0124. The molecule has 2 aromatic heterocycles. The highest BCUT2D eigenvalue weighted by Crippen LogP contribution is 2.33. The van der Waals surface area contributed by atoms with E-state index in [9.17, 15) is 9.59 Å². The lowest BCUT2D eigenvalue weighted by Crippen LogP contribution is -2.45. The number of imidazole rings is 1. The summed E-state index contributed by atoms with van der Waals surface area (Å²) >= 11 is 0. The van der Waals surface area contributed by atoms with E-state index >= 15 is 0 Å². The fourth-order valence-electron chi connectivity index (χ4n) is 4.83. The topological polar surface area (TPSA) is 90.2 Å². The Labute approximate surface area is 179 Å². The van der Waals surface area contributed by atoms with Crippen molar-refractivity contribution in [2.45, 2.75) is 18.9 Å². The molecule has 0 radical (unpaired) electrons. The highest BCUT2D eigenvalue weighted by Gasteiger charge is 2.31. The van der Waals surface area contributed by atoms with Gasteiger partial charge in [-0.25, -0.2) is 4.98 Å². The molecule has 2 bridgehead atoms. The third-order valence-corrected chi connectivity index (χ3v) is 6.32. The number of ether oxygens (including phenoxy) is 1. The molecule has 1 aromatic carbocycles. The van der Waals surface area contributed by atoms with Crippen LogP contribution in [0.4, 0.5) is 0 Å². The number of piperidine rings is 1.